The summed E-state index contributed by atoms with van der Waals surface area (Å²) >= 11 is 4.89. The number of nitrogens with one attached hydrogen (secondary N) is 3. The van der Waals surface area contributed by atoms with Crippen molar-refractivity contribution in [2.75, 3.05) is 56.2 Å². The molecule has 0 aromatic heterocycles. The number of hydrogen-bond acceptors (Lipinski definition) is 8. The van der Waals surface area contributed by atoms with Crippen molar-refractivity contribution in [3.63, 3.8) is 0 Å². The molecular weight excluding hydrogens is 550 g/mol. The van der Waals surface area contributed by atoms with Crippen LogP contribution in [-0.2, 0) is 16.0 Å². The zero-order chi connectivity index (χ0) is 28.8. The molecule has 3 amide bonds. The van der Waals surface area contributed by atoms with E-state index in [1.54, 1.807) is 12.1 Å². The summed E-state index contributed by atoms with van der Waals surface area (Å²) in [5.41, 5.74) is 3.54. The molecule has 2 aromatic rings. The minimum atomic E-state index is -1.04. The summed E-state index contributed by atoms with van der Waals surface area (Å²) in [5, 5.41) is 15.9. The lowest BCUT2D eigenvalue weighted by Crippen LogP contribution is -2.48. The van der Waals surface area contributed by atoms with Crippen molar-refractivity contribution in [3.8, 4) is 0 Å². The van der Waals surface area contributed by atoms with Crippen molar-refractivity contribution >= 4 is 46.9 Å². The van der Waals surface area contributed by atoms with Gasteiger partial charge in [0.05, 0.1) is 38.0 Å². The molecule has 0 aliphatic carbocycles. The van der Waals surface area contributed by atoms with Crippen LogP contribution in [0.2, 0.25) is 0 Å². The molecule has 4 N–H and O–H groups in total. The molecule has 4 rings (SSSR count). The Balaban J connectivity index is 1.35. The third kappa shape index (κ3) is 6.84. The summed E-state index contributed by atoms with van der Waals surface area (Å²) in [7, 11) is 1.40. The summed E-state index contributed by atoms with van der Waals surface area (Å²) in [6.45, 7) is 1.13. The van der Waals surface area contributed by atoms with Crippen LogP contribution >= 0.6 is 12.2 Å². The molecule has 2 aromatic carbocycles. The molecule has 40 heavy (non-hydrogen) atoms. The summed E-state index contributed by atoms with van der Waals surface area (Å²) in [5.74, 6) is -2.75. The third-order valence-corrected chi connectivity index (χ3v) is 6.64. The monoisotopic (exact) mass is 578 g/mol. The van der Waals surface area contributed by atoms with E-state index in [9.17, 15) is 14.4 Å². The third-order valence-electron chi connectivity index (χ3n) is 6.33. The van der Waals surface area contributed by atoms with Gasteiger partial charge in [0, 0.05) is 38.3 Å². The van der Waals surface area contributed by atoms with Crippen LogP contribution in [0.1, 0.15) is 15.9 Å². The highest BCUT2D eigenvalue weighted by Gasteiger charge is 2.34. The number of cyclic esters (lactones) is 1. The summed E-state index contributed by atoms with van der Waals surface area (Å²) in [6.07, 6.45) is -1.33. The van der Waals surface area contributed by atoms with Crippen molar-refractivity contribution in [2.45, 2.75) is 12.6 Å². The first-order valence-corrected chi connectivity index (χ1v) is 12.7. The Hall–Kier alpha value is -4.24. The predicted molar refractivity (Wildman–Crippen MR) is 144 cm³/mol. The first kappa shape index (κ1) is 28.8. The topological polar surface area (TPSA) is 136 Å². The van der Waals surface area contributed by atoms with Gasteiger partial charge in [-0.15, -0.1) is 0 Å². The van der Waals surface area contributed by atoms with Crippen LogP contribution in [0.15, 0.2) is 36.4 Å². The van der Waals surface area contributed by atoms with Crippen LogP contribution in [-0.4, -0.2) is 85.9 Å². The highest BCUT2D eigenvalue weighted by atomic mass is 32.1. The minimum Gasteiger partial charge on any atom is -0.478 e. The largest absolute Gasteiger partial charge is 0.478 e. The maximum atomic E-state index is 15.2. The van der Waals surface area contributed by atoms with Crippen molar-refractivity contribution in [3.05, 3.63) is 59.2 Å². The molecule has 214 valence electrons. The van der Waals surface area contributed by atoms with E-state index >= 15 is 8.78 Å². The number of amides is 3. The standard InChI is InChI=1S/C25H28F2N6O6S/c1-38-24(40)29-13-18-14-32(25(37)39-18)17-10-19(26)21(20(27)11-17)31-7-6-30-33(9-8-31)23(36)28-12-15-2-4-16(5-3-15)22(34)35/h2-5,10-11,18,30H,6-9,12-14H2,1H3,(H,28,36)(H,29,40)(H,34,35)/t18-/m0/s1. The van der Waals surface area contributed by atoms with Crippen LogP contribution in [0.25, 0.3) is 0 Å². The Morgan fingerprint density at radius 3 is 2.50 bits per heavy atom. The molecule has 0 spiro atoms. The second-order valence-electron chi connectivity index (χ2n) is 8.95. The number of carbonyl (C=O) groups excluding carboxylic acids is 2. The highest BCUT2D eigenvalue weighted by Crippen LogP contribution is 2.31. The summed E-state index contributed by atoms with van der Waals surface area (Å²) in [6, 6.07) is 7.81. The molecule has 12 nitrogen and oxygen atoms in total. The number of carboxylic acid groups (broad SMARTS) is 1. The second-order valence-corrected chi connectivity index (χ2v) is 9.33. The van der Waals surface area contributed by atoms with E-state index in [0.717, 1.165) is 17.0 Å². The van der Waals surface area contributed by atoms with Crippen LogP contribution in [0, 0.1) is 11.6 Å². The van der Waals surface area contributed by atoms with E-state index in [1.807, 2.05) is 0 Å². The molecule has 0 saturated carbocycles. The van der Waals surface area contributed by atoms with Gasteiger partial charge in [-0.2, -0.15) is 0 Å². The van der Waals surface area contributed by atoms with E-state index in [1.165, 1.54) is 29.2 Å². The summed E-state index contributed by atoms with van der Waals surface area (Å²) in [4.78, 5) is 38.6. The first-order chi connectivity index (χ1) is 19.2. The fraction of sp³-hybridized carbons (Fsp3) is 0.360. The Kier molecular flexibility index (Phi) is 9.16. The van der Waals surface area contributed by atoms with Crippen LogP contribution in [0.4, 0.5) is 29.7 Å². The van der Waals surface area contributed by atoms with Gasteiger partial charge in [0.2, 0.25) is 0 Å². The quantitative estimate of drug-likeness (QED) is 0.362. The number of halogens is 2. The first-order valence-electron chi connectivity index (χ1n) is 12.3. The van der Waals surface area contributed by atoms with Gasteiger partial charge < -0.3 is 30.1 Å². The Bertz CT molecular complexity index is 1260. The number of hydrazine groups is 1. The lowest BCUT2D eigenvalue weighted by molar-refractivity contribution is 0.0696. The number of thiocarbonyl (C=S) groups is 1. The van der Waals surface area contributed by atoms with Crippen LogP contribution in [0.3, 0.4) is 0 Å². The van der Waals surface area contributed by atoms with E-state index in [2.05, 4.69) is 16.1 Å². The van der Waals surface area contributed by atoms with Gasteiger partial charge in [0.25, 0.3) is 5.17 Å². The SMILES string of the molecule is COC(=S)NC[C@H]1CN(c2cc(F)c(N3CCNN(C(=O)NCc4ccc(C(=O)O)cc4)CC3)c(F)c2)C(=O)O1. The van der Waals surface area contributed by atoms with E-state index < -0.39 is 35.8 Å². The highest BCUT2D eigenvalue weighted by molar-refractivity contribution is 7.80. The van der Waals surface area contributed by atoms with Gasteiger partial charge in [0.15, 0.2) is 11.6 Å². The number of urea groups is 1. The van der Waals surface area contributed by atoms with Crippen molar-refractivity contribution < 1.29 is 37.7 Å². The molecule has 1 atom stereocenters. The van der Waals surface area contributed by atoms with E-state index in [-0.39, 0.29) is 67.9 Å². The van der Waals surface area contributed by atoms with Gasteiger partial charge in [0.1, 0.15) is 11.8 Å². The van der Waals surface area contributed by atoms with Gasteiger partial charge in [-0.05, 0) is 29.9 Å². The molecular formula is C25H28F2N6O6S. The van der Waals surface area contributed by atoms with Gasteiger partial charge in [-0.3, -0.25) is 9.91 Å². The predicted octanol–water partition coefficient (Wildman–Crippen LogP) is 2.05. The zero-order valence-electron chi connectivity index (χ0n) is 21.5. The summed E-state index contributed by atoms with van der Waals surface area (Å²) < 4.78 is 40.5. The number of benzene rings is 2. The van der Waals surface area contributed by atoms with Gasteiger partial charge in [-0.25, -0.2) is 28.6 Å². The molecule has 2 saturated heterocycles. The molecule has 0 unspecified atom stereocenters. The van der Waals surface area contributed by atoms with Crippen molar-refractivity contribution in [1.82, 2.24) is 21.1 Å². The van der Waals surface area contributed by atoms with E-state index in [0.29, 0.717) is 5.56 Å². The smallest absolute Gasteiger partial charge is 0.414 e. The maximum absolute atomic E-state index is 15.2. The Morgan fingerprint density at radius 2 is 1.85 bits per heavy atom. The number of aromatic carboxylic acids is 1. The van der Waals surface area contributed by atoms with Gasteiger partial charge in [-0.1, -0.05) is 12.1 Å². The molecule has 2 aliphatic heterocycles. The molecule has 2 aliphatic rings. The molecule has 0 radical (unpaired) electrons. The lowest BCUT2D eigenvalue weighted by Gasteiger charge is -2.25. The number of hydrogen-bond donors (Lipinski definition) is 4. The fourth-order valence-electron chi connectivity index (χ4n) is 4.28. The molecule has 15 heteroatoms. The second kappa shape index (κ2) is 12.7. The maximum Gasteiger partial charge on any atom is 0.414 e. The number of carboxylic acids is 1. The Morgan fingerprint density at radius 1 is 1.15 bits per heavy atom. The van der Waals surface area contributed by atoms with Crippen molar-refractivity contribution in [2.24, 2.45) is 0 Å². The normalized spacial score (nSPS) is 17.2. The molecule has 0 bridgehead atoms. The van der Waals surface area contributed by atoms with Crippen LogP contribution in [0.5, 0.6) is 0 Å². The van der Waals surface area contributed by atoms with E-state index in [4.69, 9.17) is 26.8 Å². The number of carbonyl (C=O) groups is 3. The number of anilines is 2. The average molecular weight is 579 g/mol. The van der Waals surface area contributed by atoms with Crippen molar-refractivity contribution in [1.29, 1.82) is 0 Å². The average Bonchev–Trinajstić information content (AvgIpc) is 3.14. The van der Waals surface area contributed by atoms with Crippen LogP contribution < -0.4 is 25.9 Å². The number of nitrogens with zero attached hydrogens (tertiary/aromatic N) is 3. The molecule has 2 fully saturated rings. The number of methoxy groups -OCH3 is 1. The minimum absolute atomic E-state index is 0.0194. The lowest BCUT2D eigenvalue weighted by atomic mass is 10.1. The zero-order valence-corrected chi connectivity index (χ0v) is 22.3. The Labute approximate surface area is 233 Å². The fourth-order valence-corrected chi connectivity index (χ4v) is 4.37. The number of ether oxygens (including phenoxy) is 2. The number of rotatable bonds is 7. The molecule has 2 heterocycles. The van der Waals surface area contributed by atoms with Gasteiger partial charge >= 0.3 is 18.1 Å².